The van der Waals surface area contributed by atoms with Gasteiger partial charge in [0.2, 0.25) is 0 Å². The fourth-order valence-electron chi connectivity index (χ4n) is 2.76. The van der Waals surface area contributed by atoms with Crippen molar-refractivity contribution in [2.75, 3.05) is 20.3 Å². The molecule has 0 bridgehead atoms. The Morgan fingerprint density at radius 2 is 1.78 bits per heavy atom. The Balaban J connectivity index is 1.59. The second-order valence-corrected chi connectivity index (χ2v) is 5.60. The monoisotopic (exact) mass is 322 g/mol. The van der Waals surface area contributed by atoms with E-state index in [-0.39, 0.29) is 18.0 Å². The van der Waals surface area contributed by atoms with Crippen molar-refractivity contribution in [1.82, 2.24) is 0 Å². The third kappa shape index (κ3) is 3.30. The third-order valence-corrected chi connectivity index (χ3v) is 3.97. The number of fused-ring (bicyclic) bond motifs is 1. The minimum atomic E-state index is -0.818. The maximum absolute atomic E-state index is 12.2. The Morgan fingerprint density at radius 3 is 2.48 bits per heavy atom. The summed E-state index contributed by atoms with van der Waals surface area (Å²) in [5.41, 5.74) is 0.358. The van der Waals surface area contributed by atoms with Gasteiger partial charge in [0.1, 0.15) is 11.9 Å². The van der Waals surface area contributed by atoms with Crippen molar-refractivity contribution in [1.29, 1.82) is 0 Å². The molecular formula is C16H18O7. The van der Waals surface area contributed by atoms with E-state index in [9.17, 15) is 9.59 Å². The maximum atomic E-state index is 12.2. The Hall–Kier alpha value is -2.12. The molecule has 2 aliphatic rings. The summed E-state index contributed by atoms with van der Waals surface area (Å²) in [6, 6.07) is 6.03. The lowest BCUT2D eigenvalue weighted by atomic mass is 10.0. The number of carbonyl (C=O) groups excluding carboxylic acids is 2. The lowest BCUT2D eigenvalue weighted by Gasteiger charge is -2.16. The van der Waals surface area contributed by atoms with Crippen LogP contribution in [0.3, 0.4) is 0 Å². The van der Waals surface area contributed by atoms with Crippen LogP contribution in [0, 0.1) is 5.92 Å². The zero-order chi connectivity index (χ0) is 16.4. The summed E-state index contributed by atoms with van der Waals surface area (Å²) in [4.78, 5) is 23.2. The number of hydrogen-bond acceptors (Lipinski definition) is 7. The summed E-state index contributed by atoms with van der Waals surface area (Å²) >= 11 is 0. The number of esters is 1. The Kier molecular flexibility index (Phi) is 4.49. The molecular weight excluding hydrogens is 304 g/mol. The molecule has 4 atom stereocenters. The Morgan fingerprint density at radius 1 is 1.09 bits per heavy atom. The second-order valence-electron chi connectivity index (χ2n) is 5.60. The van der Waals surface area contributed by atoms with E-state index in [4.69, 9.17) is 18.9 Å². The molecule has 2 heterocycles. The van der Waals surface area contributed by atoms with Gasteiger partial charge in [-0.2, -0.15) is 0 Å². The van der Waals surface area contributed by atoms with Gasteiger partial charge in [-0.1, -0.05) is 6.92 Å². The van der Waals surface area contributed by atoms with Crippen LogP contribution in [0.1, 0.15) is 17.3 Å². The Bertz CT molecular complexity index is 583. The highest BCUT2D eigenvalue weighted by molar-refractivity contribution is 5.89. The van der Waals surface area contributed by atoms with Crippen molar-refractivity contribution in [2.24, 2.45) is 5.92 Å². The van der Waals surface area contributed by atoms with Crippen LogP contribution < -0.4 is 4.74 Å². The van der Waals surface area contributed by atoms with Crippen molar-refractivity contribution in [2.45, 2.75) is 25.2 Å². The van der Waals surface area contributed by atoms with E-state index in [1.807, 2.05) is 0 Å². The van der Waals surface area contributed by atoms with Crippen molar-refractivity contribution in [3.8, 4) is 5.75 Å². The second kappa shape index (κ2) is 6.55. The van der Waals surface area contributed by atoms with Gasteiger partial charge in [0.15, 0.2) is 6.10 Å². The van der Waals surface area contributed by atoms with Crippen LogP contribution in [0.25, 0.3) is 0 Å². The van der Waals surface area contributed by atoms with E-state index in [0.29, 0.717) is 24.7 Å². The largest absolute Gasteiger partial charge is 0.513 e. The maximum Gasteiger partial charge on any atom is 0.513 e. The van der Waals surface area contributed by atoms with Gasteiger partial charge in [-0.3, -0.25) is 0 Å². The lowest BCUT2D eigenvalue weighted by Crippen LogP contribution is -2.32. The smallest absolute Gasteiger partial charge is 0.453 e. The molecule has 23 heavy (non-hydrogen) atoms. The highest BCUT2D eigenvalue weighted by Gasteiger charge is 2.47. The van der Waals surface area contributed by atoms with E-state index in [2.05, 4.69) is 11.7 Å². The summed E-state index contributed by atoms with van der Waals surface area (Å²) in [7, 11) is 1.22. The zero-order valence-corrected chi connectivity index (χ0v) is 12.9. The van der Waals surface area contributed by atoms with Gasteiger partial charge in [0, 0.05) is 5.92 Å². The van der Waals surface area contributed by atoms with Gasteiger partial charge in [0.05, 0.1) is 32.0 Å². The van der Waals surface area contributed by atoms with E-state index < -0.39 is 18.2 Å². The van der Waals surface area contributed by atoms with Gasteiger partial charge < -0.3 is 23.7 Å². The van der Waals surface area contributed by atoms with Crippen LogP contribution in [0.2, 0.25) is 0 Å². The van der Waals surface area contributed by atoms with Gasteiger partial charge in [-0.15, -0.1) is 0 Å². The molecule has 2 saturated heterocycles. The molecule has 0 aromatic heterocycles. The van der Waals surface area contributed by atoms with Crippen molar-refractivity contribution < 1.29 is 33.3 Å². The van der Waals surface area contributed by atoms with Crippen LogP contribution in [0.15, 0.2) is 24.3 Å². The molecule has 0 amide bonds. The molecule has 2 aliphatic heterocycles. The highest BCUT2D eigenvalue weighted by atomic mass is 16.7. The normalized spacial score (nSPS) is 29.0. The molecule has 3 rings (SSSR count). The molecule has 7 heteroatoms. The minimum absolute atomic E-state index is 0.0105. The third-order valence-electron chi connectivity index (χ3n) is 3.97. The van der Waals surface area contributed by atoms with E-state index >= 15 is 0 Å². The van der Waals surface area contributed by atoms with Crippen LogP contribution in [-0.2, 0) is 18.9 Å². The average molecular weight is 322 g/mol. The summed E-state index contributed by atoms with van der Waals surface area (Å²) in [6.45, 7) is 3.01. The fraction of sp³-hybridized carbons (Fsp3) is 0.500. The summed E-state index contributed by atoms with van der Waals surface area (Å²) < 4.78 is 26.0. The summed E-state index contributed by atoms with van der Waals surface area (Å²) in [5.74, 6) is 0.121. The number of rotatable bonds is 3. The summed E-state index contributed by atoms with van der Waals surface area (Å²) in [6.07, 6.45) is -1.43. The number of hydrogen-bond donors (Lipinski definition) is 0. The van der Waals surface area contributed by atoms with Crippen molar-refractivity contribution in [3.05, 3.63) is 29.8 Å². The standard InChI is InChI=1S/C16H18O7/c1-9-7-20-14-12(8-21-13(9)14)23-15(17)10-3-5-11(6-4-10)22-16(18)19-2/h3-6,9,12-14H,7-8H2,1-2H3/t9-,12+,13?,14?/m0/s1. The molecule has 0 spiro atoms. The molecule has 0 saturated carbocycles. The average Bonchev–Trinajstić information content (AvgIpc) is 3.12. The van der Waals surface area contributed by atoms with Crippen LogP contribution in [-0.4, -0.2) is 50.8 Å². The number of methoxy groups -OCH3 is 1. The highest BCUT2D eigenvalue weighted by Crippen LogP contribution is 2.32. The van der Waals surface area contributed by atoms with Gasteiger partial charge in [0.25, 0.3) is 0 Å². The van der Waals surface area contributed by atoms with E-state index in [1.54, 1.807) is 0 Å². The molecule has 1 aromatic carbocycles. The van der Waals surface area contributed by atoms with Crippen LogP contribution in [0.4, 0.5) is 4.79 Å². The molecule has 2 unspecified atom stereocenters. The molecule has 2 fully saturated rings. The molecule has 1 aromatic rings. The van der Waals surface area contributed by atoms with E-state index in [0.717, 1.165) is 0 Å². The predicted molar refractivity (Wildman–Crippen MR) is 77.3 cm³/mol. The first-order valence-corrected chi connectivity index (χ1v) is 7.38. The first-order valence-electron chi connectivity index (χ1n) is 7.38. The van der Waals surface area contributed by atoms with Crippen molar-refractivity contribution >= 4 is 12.1 Å². The molecule has 0 radical (unpaired) electrons. The predicted octanol–water partition coefficient (Wildman–Crippen LogP) is 1.79. The number of ether oxygens (including phenoxy) is 5. The fourth-order valence-corrected chi connectivity index (χ4v) is 2.76. The SMILES string of the molecule is COC(=O)Oc1ccc(C(=O)O[C@@H]2COC3C2OC[C@@H]3C)cc1. The van der Waals surface area contributed by atoms with Gasteiger partial charge >= 0.3 is 12.1 Å². The van der Waals surface area contributed by atoms with Crippen LogP contribution in [0.5, 0.6) is 5.75 Å². The molecule has 0 aliphatic carbocycles. The Labute approximate surface area is 133 Å². The lowest BCUT2D eigenvalue weighted by molar-refractivity contribution is -0.0158. The van der Waals surface area contributed by atoms with Gasteiger partial charge in [-0.25, -0.2) is 9.59 Å². The number of carbonyl (C=O) groups is 2. The quantitative estimate of drug-likeness (QED) is 0.620. The first-order chi connectivity index (χ1) is 11.1. The summed E-state index contributed by atoms with van der Waals surface area (Å²) in [5, 5.41) is 0. The van der Waals surface area contributed by atoms with E-state index in [1.165, 1.54) is 31.4 Å². The van der Waals surface area contributed by atoms with Crippen LogP contribution >= 0.6 is 0 Å². The topological polar surface area (TPSA) is 80.3 Å². The van der Waals surface area contributed by atoms with Crippen molar-refractivity contribution in [3.63, 3.8) is 0 Å². The molecule has 124 valence electrons. The van der Waals surface area contributed by atoms with Gasteiger partial charge in [-0.05, 0) is 24.3 Å². The minimum Gasteiger partial charge on any atom is -0.453 e. The zero-order valence-electron chi connectivity index (χ0n) is 12.9. The number of benzene rings is 1. The molecule has 7 nitrogen and oxygen atoms in total. The first kappa shape index (κ1) is 15.8. The molecule has 0 N–H and O–H groups in total.